The van der Waals surface area contributed by atoms with Crippen molar-refractivity contribution in [2.45, 2.75) is 45.1 Å². The molecule has 4 heterocycles. The summed E-state index contributed by atoms with van der Waals surface area (Å²) in [6, 6.07) is 5.28. The van der Waals surface area contributed by atoms with Gasteiger partial charge in [0.15, 0.2) is 0 Å². The van der Waals surface area contributed by atoms with Crippen LogP contribution in [0.1, 0.15) is 39.5 Å². The molecule has 9 nitrogen and oxygen atoms in total. The van der Waals surface area contributed by atoms with Crippen LogP contribution in [0.2, 0.25) is 10.0 Å². The molecule has 2 aliphatic rings. The van der Waals surface area contributed by atoms with Crippen molar-refractivity contribution in [2.75, 3.05) is 44.0 Å². The van der Waals surface area contributed by atoms with Crippen LogP contribution in [0.4, 0.5) is 16.4 Å². The number of methoxy groups -OCH3 is 1. The molecule has 2 atom stereocenters. The molecule has 2 saturated heterocycles. The standard InChI is InChI=1S/C26H33Cl2N5O4/c1-26(2)12-16(8-10-37-26)13-29-21-7-6-19(27)23(31-21)18-11-22(30-14-20(18)28)32-24(34)17-5-4-9-33(15-17)25(35)36-3/h6-7,11,14,16-17H,4-5,8-10,12-13,15H2,1-3H3,(H,29,31)(H,30,32,34)/t16?,17-/m0/s1. The van der Waals surface area contributed by atoms with E-state index in [-0.39, 0.29) is 17.4 Å². The molecule has 0 bridgehead atoms. The zero-order chi connectivity index (χ0) is 26.6. The topological polar surface area (TPSA) is 106 Å². The van der Waals surface area contributed by atoms with E-state index in [1.807, 2.05) is 6.07 Å². The molecule has 0 aliphatic carbocycles. The Bertz CT molecular complexity index is 1150. The lowest BCUT2D eigenvalue weighted by Crippen LogP contribution is -2.43. The van der Waals surface area contributed by atoms with Crippen molar-refractivity contribution in [1.29, 1.82) is 0 Å². The normalized spacial score (nSPS) is 21.3. The van der Waals surface area contributed by atoms with E-state index in [0.717, 1.165) is 32.4 Å². The second kappa shape index (κ2) is 11.8. The van der Waals surface area contributed by atoms with Crippen LogP contribution >= 0.6 is 23.2 Å². The summed E-state index contributed by atoms with van der Waals surface area (Å²) in [5.41, 5.74) is 0.938. The van der Waals surface area contributed by atoms with E-state index in [2.05, 4.69) is 29.5 Å². The first-order chi connectivity index (χ1) is 17.6. The number of hydrogen-bond acceptors (Lipinski definition) is 7. The maximum atomic E-state index is 12.9. The molecule has 0 radical (unpaired) electrons. The lowest BCUT2D eigenvalue weighted by Gasteiger charge is -2.35. The van der Waals surface area contributed by atoms with E-state index in [1.165, 1.54) is 18.2 Å². The number of nitrogens with zero attached hydrogens (tertiary/aromatic N) is 3. The monoisotopic (exact) mass is 549 g/mol. The molecule has 1 unspecified atom stereocenters. The van der Waals surface area contributed by atoms with Gasteiger partial charge in [-0.05, 0) is 63.6 Å². The number of likely N-dealkylation sites (tertiary alicyclic amines) is 1. The highest BCUT2D eigenvalue weighted by molar-refractivity contribution is 6.36. The summed E-state index contributed by atoms with van der Waals surface area (Å²) in [7, 11) is 1.33. The van der Waals surface area contributed by atoms with Crippen LogP contribution in [0.3, 0.4) is 0 Å². The highest BCUT2D eigenvalue weighted by Crippen LogP contribution is 2.34. The van der Waals surface area contributed by atoms with Gasteiger partial charge in [0.2, 0.25) is 5.91 Å². The maximum Gasteiger partial charge on any atom is 0.409 e. The average Bonchev–Trinajstić information content (AvgIpc) is 2.88. The van der Waals surface area contributed by atoms with Gasteiger partial charge in [0.1, 0.15) is 11.6 Å². The van der Waals surface area contributed by atoms with Crippen LogP contribution < -0.4 is 10.6 Å². The molecule has 2 amide bonds. The molecule has 2 aliphatic heterocycles. The number of aromatic nitrogens is 2. The largest absolute Gasteiger partial charge is 0.453 e. The number of hydrogen-bond donors (Lipinski definition) is 2. The molecule has 2 aromatic heterocycles. The Morgan fingerprint density at radius 2 is 2.03 bits per heavy atom. The van der Waals surface area contributed by atoms with Gasteiger partial charge in [0, 0.05) is 38.0 Å². The fraction of sp³-hybridized carbons (Fsp3) is 0.538. The van der Waals surface area contributed by atoms with Gasteiger partial charge >= 0.3 is 6.09 Å². The van der Waals surface area contributed by atoms with E-state index in [0.29, 0.717) is 58.4 Å². The number of rotatable bonds is 6. The quantitative estimate of drug-likeness (QED) is 0.491. The number of halogens is 2. The number of carbonyl (C=O) groups is 2. The minimum Gasteiger partial charge on any atom is -0.453 e. The third-order valence-corrected chi connectivity index (χ3v) is 7.41. The van der Waals surface area contributed by atoms with Crippen molar-refractivity contribution < 1.29 is 19.1 Å². The predicted molar refractivity (Wildman–Crippen MR) is 144 cm³/mol. The van der Waals surface area contributed by atoms with Crippen LogP contribution in [0.5, 0.6) is 0 Å². The van der Waals surface area contributed by atoms with Gasteiger partial charge in [-0.2, -0.15) is 0 Å². The molecule has 0 aromatic carbocycles. The Labute approximate surface area is 227 Å². The van der Waals surface area contributed by atoms with Gasteiger partial charge in [-0.25, -0.2) is 14.8 Å². The van der Waals surface area contributed by atoms with Crippen molar-refractivity contribution in [1.82, 2.24) is 14.9 Å². The number of ether oxygens (including phenoxy) is 2. The smallest absolute Gasteiger partial charge is 0.409 e. The van der Waals surface area contributed by atoms with Gasteiger partial charge < -0.3 is 25.0 Å². The van der Waals surface area contributed by atoms with E-state index < -0.39 is 6.09 Å². The fourth-order valence-corrected chi connectivity index (χ4v) is 5.31. The molecule has 0 spiro atoms. The summed E-state index contributed by atoms with van der Waals surface area (Å²) >= 11 is 13.0. The molecule has 2 aromatic rings. The average molecular weight is 550 g/mol. The molecule has 2 N–H and O–H groups in total. The van der Waals surface area contributed by atoms with Crippen molar-refractivity contribution in [3.63, 3.8) is 0 Å². The molecule has 37 heavy (non-hydrogen) atoms. The fourth-order valence-electron chi connectivity index (χ4n) is 4.91. The minimum atomic E-state index is -0.431. The van der Waals surface area contributed by atoms with E-state index in [9.17, 15) is 9.59 Å². The van der Waals surface area contributed by atoms with Gasteiger partial charge in [-0.1, -0.05) is 23.2 Å². The first kappa shape index (κ1) is 27.4. The zero-order valence-corrected chi connectivity index (χ0v) is 22.9. The summed E-state index contributed by atoms with van der Waals surface area (Å²) in [5, 5.41) is 7.07. The first-order valence-corrected chi connectivity index (χ1v) is 13.2. The Morgan fingerprint density at radius 3 is 2.78 bits per heavy atom. The number of anilines is 2. The minimum absolute atomic E-state index is 0.121. The SMILES string of the molecule is COC(=O)N1CCC[C@H](C(=O)Nc2cc(-c3nc(NCC4CCOC(C)(C)C4)ccc3Cl)c(Cl)cn2)C1. The van der Waals surface area contributed by atoms with Crippen LogP contribution in [0.25, 0.3) is 11.3 Å². The van der Waals surface area contributed by atoms with Gasteiger partial charge in [0.25, 0.3) is 0 Å². The molecule has 0 saturated carbocycles. The third-order valence-electron chi connectivity index (χ3n) is 6.80. The van der Waals surface area contributed by atoms with Crippen LogP contribution in [0, 0.1) is 11.8 Å². The van der Waals surface area contributed by atoms with E-state index in [4.69, 9.17) is 37.7 Å². The van der Waals surface area contributed by atoms with Crippen molar-refractivity contribution in [3.05, 3.63) is 34.4 Å². The van der Waals surface area contributed by atoms with Crippen molar-refractivity contribution >= 4 is 46.8 Å². The zero-order valence-electron chi connectivity index (χ0n) is 21.4. The van der Waals surface area contributed by atoms with Crippen LogP contribution in [0.15, 0.2) is 24.4 Å². The lowest BCUT2D eigenvalue weighted by atomic mass is 9.88. The van der Waals surface area contributed by atoms with E-state index >= 15 is 0 Å². The molecule has 11 heteroatoms. The number of piperidine rings is 1. The van der Waals surface area contributed by atoms with E-state index in [1.54, 1.807) is 12.1 Å². The van der Waals surface area contributed by atoms with Crippen LogP contribution in [-0.4, -0.2) is 65.8 Å². The Kier molecular flexibility index (Phi) is 8.77. The first-order valence-electron chi connectivity index (χ1n) is 12.5. The highest BCUT2D eigenvalue weighted by Gasteiger charge is 2.30. The number of amides is 2. The summed E-state index contributed by atoms with van der Waals surface area (Å²) in [4.78, 5) is 35.3. The van der Waals surface area contributed by atoms with Gasteiger partial charge in [0.05, 0.1) is 34.4 Å². The lowest BCUT2D eigenvalue weighted by molar-refractivity contribution is -0.121. The predicted octanol–water partition coefficient (Wildman–Crippen LogP) is 5.48. The summed E-state index contributed by atoms with van der Waals surface area (Å²) in [5.74, 6) is 0.917. The van der Waals surface area contributed by atoms with Crippen molar-refractivity contribution in [3.8, 4) is 11.3 Å². The Hall–Kier alpha value is -2.62. The molecular weight excluding hydrogens is 517 g/mol. The number of carbonyl (C=O) groups excluding carboxylic acids is 2. The second-order valence-electron chi connectivity index (χ2n) is 10.2. The molecule has 200 valence electrons. The Morgan fingerprint density at radius 1 is 1.22 bits per heavy atom. The van der Waals surface area contributed by atoms with Gasteiger partial charge in [-0.3, -0.25) is 4.79 Å². The third kappa shape index (κ3) is 7.03. The van der Waals surface area contributed by atoms with Crippen LogP contribution in [-0.2, 0) is 14.3 Å². The Balaban J connectivity index is 1.46. The second-order valence-corrected chi connectivity index (χ2v) is 11.0. The maximum absolute atomic E-state index is 12.9. The highest BCUT2D eigenvalue weighted by atomic mass is 35.5. The number of pyridine rings is 2. The summed E-state index contributed by atoms with van der Waals surface area (Å²) in [6.07, 6.45) is 4.39. The molecule has 4 rings (SSSR count). The number of nitrogens with one attached hydrogen (secondary N) is 2. The molecule has 2 fully saturated rings. The van der Waals surface area contributed by atoms with Gasteiger partial charge in [-0.15, -0.1) is 0 Å². The van der Waals surface area contributed by atoms with Crippen molar-refractivity contribution in [2.24, 2.45) is 11.8 Å². The molecular formula is C26H33Cl2N5O4. The summed E-state index contributed by atoms with van der Waals surface area (Å²) in [6.45, 7) is 6.62. The summed E-state index contributed by atoms with van der Waals surface area (Å²) < 4.78 is 10.6.